The SMILES string of the molecule is CCC(C)CC(Cc1ncnn1CC)NN. The predicted molar refractivity (Wildman–Crippen MR) is 64.6 cm³/mol. The fourth-order valence-corrected chi connectivity index (χ4v) is 1.79. The van der Waals surface area contributed by atoms with Crippen LogP contribution in [0.3, 0.4) is 0 Å². The highest BCUT2D eigenvalue weighted by atomic mass is 15.3. The summed E-state index contributed by atoms with van der Waals surface area (Å²) in [5.74, 6) is 7.26. The van der Waals surface area contributed by atoms with Crippen LogP contribution in [0.4, 0.5) is 0 Å². The Labute approximate surface area is 97.4 Å². The van der Waals surface area contributed by atoms with Crippen molar-refractivity contribution in [3.8, 4) is 0 Å². The largest absolute Gasteiger partial charge is 0.271 e. The van der Waals surface area contributed by atoms with E-state index in [2.05, 4.69) is 36.3 Å². The van der Waals surface area contributed by atoms with Crippen LogP contribution in [0.5, 0.6) is 0 Å². The maximum atomic E-state index is 5.58. The van der Waals surface area contributed by atoms with Gasteiger partial charge in [-0.05, 0) is 19.3 Å². The van der Waals surface area contributed by atoms with Crippen LogP contribution in [0, 0.1) is 5.92 Å². The maximum Gasteiger partial charge on any atom is 0.138 e. The molecule has 0 spiro atoms. The van der Waals surface area contributed by atoms with Gasteiger partial charge in [-0.25, -0.2) is 4.98 Å². The first kappa shape index (κ1) is 13.1. The molecule has 0 aromatic carbocycles. The van der Waals surface area contributed by atoms with Gasteiger partial charge in [0.05, 0.1) is 0 Å². The van der Waals surface area contributed by atoms with Crippen LogP contribution in [0.1, 0.15) is 39.4 Å². The van der Waals surface area contributed by atoms with E-state index in [0.29, 0.717) is 5.92 Å². The molecule has 1 heterocycles. The van der Waals surface area contributed by atoms with Gasteiger partial charge < -0.3 is 0 Å². The topological polar surface area (TPSA) is 68.8 Å². The molecule has 0 fully saturated rings. The van der Waals surface area contributed by atoms with Crippen molar-refractivity contribution >= 4 is 0 Å². The zero-order chi connectivity index (χ0) is 12.0. The molecular formula is C11H23N5. The lowest BCUT2D eigenvalue weighted by Crippen LogP contribution is -2.38. The lowest BCUT2D eigenvalue weighted by Gasteiger charge is -2.19. The Morgan fingerprint density at radius 1 is 1.50 bits per heavy atom. The van der Waals surface area contributed by atoms with Crippen molar-refractivity contribution in [2.75, 3.05) is 0 Å². The first-order chi connectivity index (χ1) is 7.71. The molecule has 1 rings (SSSR count). The zero-order valence-electron chi connectivity index (χ0n) is 10.5. The van der Waals surface area contributed by atoms with E-state index in [1.54, 1.807) is 6.33 Å². The summed E-state index contributed by atoms with van der Waals surface area (Å²) in [4.78, 5) is 4.26. The van der Waals surface area contributed by atoms with Crippen molar-refractivity contribution in [2.24, 2.45) is 11.8 Å². The van der Waals surface area contributed by atoms with E-state index in [1.807, 2.05) is 4.68 Å². The Balaban J connectivity index is 2.56. The van der Waals surface area contributed by atoms with Gasteiger partial charge in [0.25, 0.3) is 0 Å². The third kappa shape index (κ3) is 3.57. The quantitative estimate of drug-likeness (QED) is 0.539. The van der Waals surface area contributed by atoms with Crippen LogP contribution in [0.15, 0.2) is 6.33 Å². The Morgan fingerprint density at radius 2 is 2.25 bits per heavy atom. The molecule has 5 nitrogen and oxygen atoms in total. The molecule has 1 aromatic rings. The second-order valence-corrected chi connectivity index (χ2v) is 4.31. The van der Waals surface area contributed by atoms with Gasteiger partial charge in [0.1, 0.15) is 12.2 Å². The number of nitrogens with one attached hydrogen (secondary N) is 1. The van der Waals surface area contributed by atoms with E-state index in [1.165, 1.54) is 6.42 Å². The number of aryl methyl sites for hydroxylation is 1. The molecule has 0 aliphatic rings. The summed E-state index contributed by atoms with van der Waals surface area (Å²) in [7, 11) is 0. The van der Waals surface area contributed by atoms with Crippen LogP contribution < -0.4 is 11.3 Å². The Morgan fingerprint density at radius 3 is 2.81 bits per heavy atom. The number of hydrogen-bond acceptors (Lipinski definition) is 4. The fraction of sp³-hybridized carbons (Fsp3) is 0.818. The average Bonchev–Trinajstić information content (AvgIpc) is 2.75. The van der Waals surface area contributed by atoms with E-state index in [9.17, 15) is 0 Å². The van der Waals surface area contributed by atoms with E-state index < -0.39 is 0 Å². The van der Waals surface area contributed by atoms with Crippen LogP contribution in [0.25, 0.3) is 0 Å². The van der Waals surface area contributed by atoms with Crippen LogP contribution in [-0.2, 0) is 13.0 Å². The smallest absolute Gasteiger partial charge is 0.138 e. The molecule has 16 heavy (non-hydrogen) atoms. The standard InChI is InChI=1S/C11H23N5/c1-4-9(3)6-10(15-12)7-11-13-8-14-16(11)5-2/h8-10,15H,4-7,12H2,1-3H3. The van der Waals surface area contributed by atoms with Gasteiger partial charge in [-0.3, -0.25) is 16.0 Å². The molecule has 0 radical (unpaired) electrons. The van der Waals surface area contributed by atoms with Gasteiger partial charge in [0.2, 0.25) is 0 Å². The maximum absolute atomic E-state index is 5.58. The van der Waals surface area contributed by atoms with Crippen LogP contribution in [-0.4, -0.2) is 20.8 Å². The zero-order valence-corrected chi connectivity index (χ0v) is 10.5. The first-order valence-electron chi connectivity index (χ1n) is 6.04. The number of aromatic nitrogens is 3. The molecule has 2 atom stereocenters. The second-order valence-electron chi connectivity index (χ2n) is 4.31. The van der Waals surface area contributed by atoms with Gasteiger partial charge in [-0.15, -0.1) is 0 Å². The molecule has 0 saturated carbocycles. The molecule has 0 amide bonds. The third-order valence-corrected chi connectivity index (χ3v) is 3.04. The average molecular weight is 225 g/mol. The number of nitrogens with zero attached hydrogens (tertiary/aromatic N) is 3. The third-order valence-electron chi connectivity index (χ3n) is 3.04. The normalized spacial score (nSPS) is 15.0. The molecular weight excluding hydrogens is 202 g/mol. The Bertz CT molecular complexity index is 296. The molecule has 0 aliphatic carbocycles. The summed E-state index contributed by atoms with van der Waals surface area (Å²) in [6.07, 6.45) is 4.70. The molecule has 92 valence electrons. The summed E-state index contributed by atoms with van der Waals surface area (Å²) in [6.45, 7) is 7.37. The summed E-state index contributed by atoms with van der Waals surface area (Å²) in [5.41, 5.74) is 2.88. The van der Waals surface area contributed by atoms with Crippen molar-refractivity contribution in [1.29, 1.82) is 0 Å². The van der Waals surface area contributed by atoms with Gasteiger partial charge in [0.15, 0.2) is 0 Å². The number of hydrogen-bond donors (Lipinski definition) is 2. The highest BCUT2D eigenvalue weighted by molar-refractivity contribution is 4.89. The highest BCUT2D eigenvalue weighted by Gasteiger charge is 2.14. The van der Waals surface area contributed by atoms with Crippen molar-refractivity contribution in [2.45, 2.75) is 52.6 Å². The summed E-state index contributed by atoms with van der Waals surface area (Å²) < 4.78 is 1.92. The first-order valence-corrected chi connectivity index (χ1v) is 6.04. The van der Waals surface area contributed by atoms with E-state index in [0.717, 1.165) is 25.2 Å². The molecule has 3 N–H and O–H groups in total. The monoisotopic (exact) mass is 225 g/mol. The van der Waals surface area contributed by atoms with Crippen molar-refractivity contribution < 1.29 is 0 Å². The summed E-state index contributed by atoms with van der Waals surface area (Å²) in [5, 5.41) is 4.16. The number of rotatable bonds is 7. The molecule has 0 bridgehead atoms. The minimum atomic E-state index is 0.282. The molecule has 2 unspecified atom stereocenters. The molecule has 1 aromatic heterocycles. The lowest BCUT2D eigenvalue weighted by molar-refractivity contribution is 0.386. The number of hydrazine groups is 1. The Kier molecular flexibility index (Phi) is 5.42. The molecule has 0 saturated heterocycles. The van der Waals surface area contributed by atoms with Crippen LogP contribution in [0.2, 0.25) is 0 Å². The minimum Gasteiger partial charge on any atom is -0.271 e. The minimum absolute atomic E-state index is 0.282. The molecule has 5 heteroatoms. The molecule has 0 aliphatic heterocycles. The van der Waals surface area contributed by atoms with Gasteiger partial charge in [0, 0.05) is 19.0 Å². The van der Waals surface area contributed by atoms with Crippen LogP contribution >= 0.6 is 0 Å². The fourth-order valence-electron chi connectivity index (χ4n) is 1.79. The van der Waals surface area contributed by atoms with E-state index in [-0.39, 0.29) is 6.04 Å². The van der Waals surface area contributed by atoms with Crippen molar-refractivity contribution in [1.82, 2.24) is 20.2 Å². The van der Waals surface area contributed by atoms with Gasteiger partial charge in [-0.2, -0.15) is 5.10 Å². The summed E-state index contributed by atoms with van der Waals surface area (Å²) >= 11 is 0. The lowest BCUT2D eigenvalue weighted by atomic mass is 9.97. The van der Waals surface area contributed by atoms with Gasteiger partial charge in [-0.1, -0.05) is 20.3 Å². The highest BCUT2D eigenvalue weighted by Crippen LogP contribution is 2.12. The number of nitrogens with two attached hydrogens (primary N) is 1. The Hall–Kier alpha value is -0.940. The van der Waals surface area contributed by atoms with Crippen molar-refractivity contribution in [3.63, 3.8) is 0 Å². The summed E-state index contributed by atoms with van der Waals surface area (Å²) in [6, 6.07) is 0.282. The van der Waals surface area contributed by atoms with Crippen molar-refractivity contribution in [3.05, 3.63) is 12.2 Å². The predicted octanol–water partition coefficient (Wildman–Crippen LogP) is 1.11. The van der Waals surface area contributed by atoms with E-state index in [4.69, 9.17) is 5.84 Å². The second kappa shape index (κ2) is 6.60. The van der Waals surface area contributed by atoms with Gasteiger partial charge >= 0.3 is 0 Å². The van der Waals surface area contributed by atoms with E-state index >= 15 is 0 Å².